The fourth-order valence-corrected chi connectivity index (χ4v) is 1.32. The summed E-state index contributed by atoms with van der Waals surface area (Å²) in [6.45, 7) is 6.62. The van der Waals surface area contributed by atoms with E-state index in [0.29, 0.717) is 6.42 Å². The van der Waals surface area contributed by atoms with Gasteiger partial charge in [-0.15, -0.1) is 0 Å². The lowest BCUT2D eigenvalue weighted by atomic mass is 10.1. The van der Waals surface area contributed by atoms with Gasteiger partial charge in [0.1, 0.15) is 0 Å². The molecule has 0 aliphatic heterocycles. The lowest BCUT2D eigenvalue weighted by Crippen LogP contribution is -2.26. The number of carbonyl (C=O) groups excluding carboxylic acids is 1. The Kier molecular flexibility index (Phi) is 3.68. The SMILES string of the molecule is CCCNC(=O)Cc1c(C)n[nH]c1C. The molecule has 0 unspecified atom stereocenters. The number of aromatic nitrogens is 2. The van der Waals surface area contributed by atoms with E-state index in [1.165, 1.54) is 0 Å². The van der Waals surface area contributed by atoms with Gasteiger partial charge in [0.2, 0.25) is 5.91 Å². The second kappa shape index (κ2) is 4.79. The first kappa shape index (κ1) is 10.8. The van der Waals surface area contributed by atoms with E-state index in [2.05, 4.69) is 15.5 Å². The summed E-state index contributed by atoms with van der Waals surface area (Å²) in [6.07, 6.45) is 1.39. The standard InChI is InChI=1S/C10H17N3O/c1-4-5-11-10(14)6-9-7(2)12-13-8(9)3/h4-6H2,1-3H3,(H,11,14)(H,12,13). The van der Waals surface area contributed by atoms with Crippen LogP contribution in [-0.4, -0.2) is 22.6 Å². The van der Waals surface area contributed by atoms with E-state index >= 15 is 0 Å². The molecule has 4 nitrogen and oxygen atoms in total. The van der Waals surface area contributed by atoms with Crippen LogP contribution >= 0.6 is 0 Å². The molecule has 4 heteroatoms. The van der Waals surface area contributed by atoms with Crippen LogP contribution in [0.15, 0.2) is 0 Å². The highest BCUT2D eigenvalue weighted by molar-refractivity contribution is 5.79. The number of hydrogen-bond acceptors (Lipinski definition) is 2. The molecule has 78 valence electrons. The molecule has 0 spiro atoms. The van der Waals surface area contributed by atoms with Crippen molar-refractivity contribution >= 4 is 5.91 Å². The summed E-state index contributed by atoms with van der Waals surface area (Å²) in [4.78, 5) is 11.4. The van der Waals surface area contributed by atoms with E-state index < -0.39 is 0 Å². The maximum atomic E-state index is 11.4. The molecule has 1 rings (SSSR count). The number of nitrogens with zero attached hydrogens (tertiary/aromatic N) is 1. The van der Waals surface area contributed by atoms with E-state index in [1.54, 1.807) is 0 Å². The number of amides is 1. The molecule has 0 fully saturated rings. The van der Waals surface area contributed by atoms with Crippen LogP contribution in [0.1, 0.15) is 30.3 Å². The molecule has 1 amide bonds. The monoisotopic (exact) mass is 195 g/mol. The van der Waals surface area contributed by atoms with E-state index in [9.17, 15) is 4.79 Å². The van der Waals surface area contributed by atoms with Gasteiger partial charge in [0.05, 0.1) is 12.1 Å². The van der Waals surface area contributed by atoms with E-state index in [4.69, 9.17) is 0 Å². The summed E-state index contributed by atoms with van der Waals surface area (Å²) in [5.41, 5.74) is 2.90. The van der Waals surface area contributed by atoms with Gasteiger partial charge in [-0.2, -0.15) is 5.10 Å². The Bertz CT molecular complexity index is 298. The van der Waals surface area contributed by atoms with Crippen LogP contribution in [0.4, 0.5) is 0 Å². The van der Waals surface area contributed by atoms with Crippen molar-refractivity contribution in [1.29, 1.82) is 0 Å². The lowest BCUT2D eigenvalue weighted by molar-refractivity contribution is -0.120. The van der Waals surface area contributed by atoms with Gasteiger partial charge in [0, 0.05) is 17.8 Å². The average molecular weight is 195 g/mol. The van der Waals surface area contributed by atoms with Crippen LogP contribution in [0.25, 0.3) is 0 Å². The Morgan fingerprint density at radius 2 is 2.21 bits per heavy atom. The summed E-state index contributed by atoms with van der Waals surface area (Å²) in [5.74, 6) is 0.0689. The minimum Gasteiger partial charge on any atom is -0.356 e. The summed E-state index contributed by atoms with van der Waals surface area (Å²) >= 11 is 0. The molecule has 0 saturated heterocycles. The zero-order valence-corrected chi connectivity index (χ0v) is 8.98. The van der Waals surface area contributed by atoms with E-state index in [0.717, 1.165) is 29.9 Å². The van der Waals surface area contributed by atoms with Gasteiger partial charge in [0.15, 0.2) is 0 Å². The Morgan fingerprint density at radius 3 is 2.71 bits per heavy atom. The van der Waals surface area contributed by atoms with Crippen molar-refractivity contribution in [2.75, 3.05) is 6.54 Å². The van der Waals surface area contributed by atoms with Crippen LogP contribution < -0.4 is 5.32 Å². The highest BCUT2D eigenvalue weighted by Gasteiger charge is 2.10. The van der Waals surface area contributed by atoms with E-state index in [1.807, 2.05) is 20.8 Å². The summed E-state index contributed by atoms with van der Waals surface area (Å²) in [7, 11) is 0. The molecule has 1 aromatic heterocycles. The summed E-state index contributed by atoms with van der Waals surface area (Å²) < 4.78 is 0. The van der Waals surface area contributed by atoms with E-state index in [-0.39, 0.29) is 5.91 Å². The van der Waals surface area contributed by atoms with Crippen molar-refractivity contribution in [2.24, 2.45) is 0 Å². The van der Waals surface area contributed by atoms with Crippen molar-refractivity contribution in [3.63, 3.8) is 0 Å². The fourth-order valence-electron chi connectivity index (χ4n) is 1.32. The number of nitrogens with one attached hydrogen (secondary N) is 2. The molecular formula is C10H17N3O. The third-order valence-corrected chi connectivity index (χ3v) is 2.19. The van der Waals surface area contributed by atoms with Gasteiger partial charge < -0.3 is 5.32 Å². The third kappa shape index (κ3) is 2.58. The molecule has 14 heavy (non-hydrogen) atoms. The average Bonchev–Trinajstić information content (AvgIpc) is 2.46. The lowest BCUT2D eigenvalue weighted by Gasteiger charge is -2.03. The van der Waals surface area contributed by atoms with Crippen LogP contribution in [0.5, 0.6) is 0 Å². The first-order chi connectivity index (χ1) is 6.65. The van der Waals surface area contributed by atoms with Gasteiger partial charge in [-0.3, -0.25) is 9.89 Å². The number of rotatable bonds is 4. The summed E-state index contributed by atoms with van der Waals surface area (Å²) in [6, 6.07) is 0. The molecule has 1 heterocycles. The van der Waals surface area contributed by atoms with Gasteiger partial charge >= 0.3 is 0 Å². The smallest absolute Gasteiger partial charge is 0.224 e. The molecular weight excluding hydrogens is 178 g/mol. The molecule has 0 bridgehead atoms. The van der Waals surface area contributed by atoms with Crippen molar-refractivity contribution in [3.05, 3.63) is 17.0 Å². The molecule has 0 aliphatic carbocycles. The van der Waals surface area contributed by atoms with Gasteiger partial charge in [-0.05, 0) is 20.3 Å². The molecule has 1 aromatic rings. The maximum absolute atomic E-state index is 11.4. The van der Waals surface area contributed by atoms with Crippen molar-refractivity contribution in [2.45, 2.75) is 33.6 Å². The summed E-state index contributed by atoms with van der Waals surface area (Å²) in [5, 5.41) is 9.76. The number of hydrogen-bond donors (Lipinski definition) is 2. The predicted octanol–water partition coefficient (Wildman–Crippen LogP) is 1.10. The number of H-pyrrole nitrogens is 1. The normalized spacial score (nSPS) is 10.2. The quantitative estimate of drug-likeness (QED) is 0.755. The number of carbonyl (C=O) groups is 1. The minimum absolute atomic E-state index is 0.0689. The van der Waals surface area contributed by atoms with Gasteiger partial charge in [-0.25, -0.2) is 0 Å². The third-order valence-electron chi connectivity index (χ3n) is 2.19. The second-order valence-electron chi connectivity index (χ2n) is 3.44. The minimum atomic E-state index is 0.0689. The zero-order valence-electron chi connectivity index (χ0n) is 8.98. The highest BCUT2D eigenvalue weighted by Crippen LogP contribution is 2.09. The molecule has 0 saturated carbocycles. The predicted molar refractivity (Wildman–Crippen MR) is 55.1 cm³/mol. The van der Waals surface area contributed by atoms with Gasteiger partial charge in [0.25, 0.3) is 0 Å². The zero-order chi connectivity index (χ0) is 10.6. The molecule has 0 atom stereocenters. The Morgan fingerprint density at radius 1 is 1.50 bits per heavy atom. The van der Waals surface area contributed by atoms with Crippen LogP contribution in [0.3, 0.4) is 0 Å². The number of aryl methyl sites for hydroxylation is 2. The first-order valence-corrected chi connectivity index (χ1v) is 4.92. The molecule has 2 N–H and O–H groups in total. The Hall–Kier alpha value is -1.32. The van der Waals surface area contributed by atoms with Crippen molar-refractivity contribution in [1.82, 2.24) is 15.5 Å². The van der Waals surface area contributed by atoms with Crippen molar-refractivity contribution in [3.8, 4) is 0 Å². The van der Waals surface area contributed by atoms with Crippen LogP contribution in [-0.2, 0) is 11.2 Å². The molecule has 0 radical (unpaired) electrons. The molecule has 0 aromatic carbocycles. The first-order valence-electron chi connectivity index (χ1n) is 4.92. The Labute approximate surface area is 84.1 Å². The second-order valence-corrected chi connectivity index (χ2v) is 3.44. The van der Waals surface area contributed by atoms with Crippen molar-refractivity contribution < 1.29 is 4.79 Å². The van der Waals surface area contributed by atoms with Crippen LogP contribution in [0.2, 0.25) is 0 Å². The topological polar surface area (TPSA) is 57.8 Å². The fraction of sp³-hybridized carbons (Fsp3) is 0.600. The maximum Gasteiger partial charge on any atom is 0.224 e. The van der Waals surface area contributed by atoms with Crippen LogP contribution in [0, 0.1) is 13.8 Å². The number of aromatic amines is 1. The Balaban J connectivity index is 2.55. The largest absolute Gasteiger partial charge is 0.356 e. The van der Waals surface area contributed by atoms with Gasteiger partial charge in [-0.1, -0.05) is 6.92 Å². The highest BCUT2D eigenvalue weighted by atomic mass is 16.1. The molecule has 0 aliphatic rings.